The second kappa shape index (κ2) is 7.79. The predicted octanol–water partition coefficient (Wildman–Crippen LogP) is 2.54. The largest absolute Gasteiger partial charge is 0.271 e. The van der Waals surface area contributed by atoms with Gasteiger partial charge in [0, 0.05) is 10.7 Å². The number of anilines is 1. The lowest BCUT2D eigenvalue weighted by Crippen LogP contribution is -2.39. The lowest BCUT2D eigenvalue weighted by molar-refractivity contribution is -0.119. The molecule has 8 heteroatoms. The van der Waals surface area contributed by atoms with E-state index in [9.17, 15) is 13.2 Å². The zero-order chi connectivity index (χ0) is 16.9. The van der Waals surface area contributed by atoms with Gasteiger partial charge in [-0.05, 0) is 43.9 Å². The molecule has 2 rings (SSSR count). The molecule has 0 bridgehead atoms. The molecule has 0 heterocycles. The molecule has 1 aromatic rings. The highest BCUT2D eigenvalue weighted by molar-refractivity contribution is 7.92. The molecule has 1 aliphatic rings. The van der Waals surface area contributed by atoms with Gasteiger partial charge in [0.1, 0.15) is 6.54 Å². The Kier molecular flexibility index (Phi) is 6.01. The number of hydrogen-bond donors (Lipinski definition) is 1. The third kappa shape index (κ3) is 5.51. The molecule has 0 spiro atoms. The van der Waals surface area contributed by atoms with Crippen LogP contribution in [0.4, 0.5) is 5.69 Å². The van der Waals surface area contributed by atoms with Gasteiger partial charge in [-0.15, -0.1) is 0 Å². The fourth-order valence-electron chi connectivity index (χ4n) is 2.41. The van der Waals surface area contributed by atoms with Crippen LogP contribution < -0.4 is 9.73 Å². The molecular weight excluding hydrogens is 338 g/mol. The molecule has 1 saturated carbocycles. The Morgan fingerprint density at radius 2 is 2.00 bits per heavy atom. The lowest BCUT2D eigenvalue weighted by atomic mass is 9.99. The maximum absolute atomic E-state index is 12.0. The highest BCUT2D eigenvalue weighted by Crippen LogP contribution is 2.21. The summed E-state index contributed by atoms with van der Waals surface area (Å²) in [5.74, 6) is -0.478. The van der Waals surface area contributed by atoms with E-state index in [1.54, 1.807) is 18.2 Å². The van der Waals surface area contributed by atoms with Crippen molar-refractivity contribution in [2.45, 2.75) is 32.1 Å². The zero-order valence-electron chi connectivity index (χ0n) is 13.0. The summed E-state index contributed by atoms with van der Waals surface area (Å²) in [5.41, 5.74) is 3.75. The number of nitrogens with one attached hydrogen (secondary N) is 1. The van der Waals surface area contributed by atoms with Gasteiger partial charge < -0.3 is 0 Å². The van der Waals surface area contributed by atoms with E-state index < -0.39 is 15.9 Å². The molecule has 0 saturated heterocycles. The zero-order valence-corrected chi connectivity index (χ0v) is 14.5. The summed E-state index contributed by atoms with van der Waals surface area (Å²) >= 11 is 5.89. The van der Waals surface area contributed by atoms with Gasteiger partial charge >= 0.3 is 0 Å². The average molecular weight is 358 g/mol. The van der Waals surface area contributed by atoms with E-state index in [0.717, 1.165) is 42.0 Å². The Morgan fingerprint density at radius 3 is 2.61 bits per heavy atom. The third-order valence-electron chi connectivity index (χ3n) is 3.55. The van der Waals surface area contributed by atoms with Crippen LogP contribution in [0.1, 0.15) is 32.1 Å². The molecule has 1 fully saturated rings. The number of halogens is 1. The van der Waals surface area contributed by atoms with Crippen LogP contribution in [0, 0.1) is 0 Å². The van der Waals surface area contributed by atoms with Gasteiger partial charge in [0.05, 0.1) is 11.9 Å². The third-order valence-corrected chi connectivity index (χ3v) is 4.93. The molecule has 0 aliphatic heterocycles. The van der Waals surface area contributed by atoms with Crippen molar-refractivity contribution in [2.24, 2.45) is 5.10 Å². The standard InChI is InChI=1S/C15H20ClN3O3S/c1-23(21,22)19(14-9-5-6-12(16)10-14)11-15(20)18-17-13-7-3-2-4-8-13/h5-6,9-10H,2-4,7-8,11H2,1H3,(H,18,20). The first kappa shape index (κ1) is 17.7. The van der Waals surface area contributed by atoms with Crippen LogP contribution in [0.3, 0.4) is 0 Å². The van der Waals surface area contributed by atoms with Crippen LogP contribution in [-0.2, 0) is 14.8 Å². The van der Waals surface area contributed by atoms with Gasteiger partial charge in [-0.2, -0.15) is 5.10 Å². The van der Waals surface area contributed by atoms with Crippen molar-refractivity contribution in [3.63, 3.8) is 0 Å². The van der Waals surface area contributed by atoms with Crippen molar-refractivity contribution in [2.75, 3.05) is 17.1 Å². The van der Waals surface area contributed by atoms with Gasteiger partial charge in [-0.25, -0.2) is 13.8 Å². The second-order valence-electron chi connectivity index (χ2n) is 5.52. The molecule has 126 valence electrons. The SMILES string of the molecule is CS(=O)(=O)N(CC(=O)NN=C1CCCCC1)c1cccc(Cl)c1. The summed E-state index contributed by atoms with van der Waals surface area (Å²) in [6.45, 7) is -0.337. The van der Waals surface area contributed by atoms with E-state index in [2.05, 4.69) is 10.5 Å². The lowest BCUT2D eigenvalue weighted by Gasteiger charge is -2.21. The molecule has 23 heavy (non-hydrogen) atoms. The van der Waals surface area contributed by atoms with Crippen LogP contribution in [0.15, 0.2) is 29.4 Å². The predicted molar refractivity (Wildman–Crippen MR) is 92.3 cm³/mol. The number of benzene rings is 1. The number of hydrogen-bond acceptors (Lipinski definition) is 4. The Hall–Kier alpha value is -1.60. The number of rotatable bonds is 5. The quantitative estimate of drug-likeness (QED) is 0.822. The van der Waals surface area contributed by atoms with Gasteiger partial charge in [-0.1, -0.05) is 24.1 Å². The van der Waals surface area contributed by atoms with Gasteiger partial charge in [0.15, 0.2) is 0 Å². The number of carbonyl (C=O) groups is 1. The van der Waals surface area contributed by atoms with Gasteiger partial charge in [0.2, 0.25) is 10.0 Å². The highest BCUT2D eigenvalue weighted by Gasteiger charge is 2.21. The Balaban J connectivity index is 2.07. The van der Waals surface area contributed by atoms with Gasteiger partial charge in [0.25, 0.3) is 5.91 Å². The number of amides is 1. The van der Waals surface area contributed by atoms with Crippen molar-refractivity contribution in [1.29, 1.82) is 0 Å². The van der Waals surface area contributed by atoms with Crippen LogP contribution in [0.25, 0.3) is 0 Å². The van der Waals surface area contributed by atoms with E-state index in [1.807, 2.05) is 0 Å². The minimum Gasteiger partial charge on any atom is -0.271 e. The normalized spacial score (nSPS) is 15.1. The molecule has 0 unspecified atom stereocenters. The van der Waals surface area contributed by atoms with E-state index in [-0.39, 0.29) is 6.54 Å². The maximum Gasteiger partial charge on any atom is 0.260 e. The molecule has 1 aromatic carbocycles. The summed E-state index contributed by atoms with van der Waals surface area (Å²) in [5, 5.41) is 4.50. The van der Waals surface area contributed by atoms with Gasteiger partial charge in [-0.3, -0.25) is 9.10 Å². The Labute approximate surface area is 141 Å². The first-order valence-corrected chi connectivity index (χ1v) is 9.66. The minimum absolute atomic E-state index is 0.337. The number of sulfonamides is 1. The maximum atomic E-state index is 12.0. The molecule has 1 amide bonds. The fraction of sp³-hybridized carbons (Fsp3) is 0.467. The van der Waals surface area contributed by atoms with Crippen LogP contribution in [0.5, 0.6) is 0 Å². The van der Waals surface area contributed by atoms with Crippen molar-refractivity contribution >= 4 is 38.9 Å². The molecule has 1 aliphatic carbocycles. The highest BCUT2D eigenvalue weighted by atomic mass is 35.5. The first-order valence-electron chi connectivity index (χ1n) is 7.44. The molecule has 0 radical (unpaired) electrons. The molecule has 6 nitrogen and oxygen atoms in total. The first-order chi connectivity index (χ1) is 10.9. The topological polar surface area (TPSA) is 78.8 Å². The Morgan fingerprint density at radius 1 is 1.30 bits per heavy atom. The van der Waals surface area contributed by atoms with Crippen molar-refractivity contribution in [1.82, 2.24) is 5.43 Å². The van der Waals surface area contributed by atoms with Crippen molar-refractivity contribution in [3.05, 3.63) is 29.3 Å². The monoisotopic (exact) mass is 357 g/mol. The van der Waals surface area contributed by atoms with Crippen LogP contribution in [0.2, 0.25) is 5.02 Å². The smallest absolute Gasteiger partial charge is 0.260 e. The number of carbonyl (C=O) groups excluding carboxylic acids is 1. The average Bonchev–Trinajstić information content (AvgIpc) is 2.50. The summed E-state index contributed by atoms with van der Waals surface area (Å²) in [6, 6.07) is 6.37. The number of hydrazone groups is 1. The summed E-state index contributed by atoms with van der Waals surface area (Å²) in [7, 11) is -3.61. The number of nitrogens with zero attached hydrogens (tertiary/aromatic N) is 2. The second-order valence-corrected chi connectivity index (χ2v) is 7.87. The van der Waals surface area contributed by atoms with Crippen molar-refractivity contribution in [3.8, 4) is 0 Å². The van der Waals surface area contributed by atoms with Crippen LogP contribution >= 0.6 is 11.6 Å². The minimum atomic E-state index is -3.61. The van der Waals surface area contributed by atoms with E-state index in [0.29, 0.717) is 10.7 Å². The fourth-order valence-corrected chi connectivity index (χ4v) is 3.44. The van der Waals surface area contributed by atoms with E-state index in [1.165, 1.54) is 12.5 Å². The van der Waals surface area contributed by atoms with E-state index >= 15 is 0 Å². The molecule has 0 aromatic heterocycles. The Bertz CT molecular complexity index is 696. The van der Waals surface area contributed by atoms with E-state index in [4.69, 9.17) is 11.6 Å². The summed E-state index contributed by atoms with van der Waals surface area (Å²) < 4.78 is 24.9. The molecule has 0 atom stereocenters. The van der Waals surface area contributed by atoms with Crippen molar-refractivity contribution < 1.29 is 13.2 Å². The summed E-state index contributed by atoms with van der Waals surface area (Å²) in [6.07, 6.45) is 6.14. The molecule has 1 N–H and O–H groups in total. The molecular formula is C15H20ClN3O3S. The van der Waals surface area contributed by atoms with Crippen LogP contribution in [-0.4, -0.2) is 32.8 Å². The summed E-state index contributed by atoms with van der Waals surface area (Å²) in [4.78, 5) is 12.0.